The molecule has 1 heterocycles. The number of nitrogens with zero attached hydrogens (tertiary/aromatic N) is 1. The molecule has 0 radical (unpaired) electrons. The van der Waals surface area contributed by atoms with Crippen LogP contribution in [0, 0.1) is 5.41 Å². The van der Waals surface area contributed by atoms with Crippen LogP contribution >= 0.6 is 0 Å². The Labute approximate surface area is 94.7 Å². The van der Waals surface area contributed by atoms with E-state index in [4.69, 9.17) is 5.11 Å². The average molecular weight is 213 g/mol. The number of likely N-dealkylation sites (tertiary alicyclic amines) is 1. The molecular weight excluding hydrogens is 186 g/mol. The highest BCUT2D eigenvalue weighted by atomic mass is 16.2. The van der Waals surface area contributed by atoms with E-state index in [1.807, 2.05) is 0 Å². The van der Waals surface area contributed by atoms with Gasteiger partial charge >= 0.3 is 0 Å². The number of rotatable bonds is 6. The largest absolute Gasteiger partial charge is 0.396 e. The molecular formula is C13H27NO. The van der Waals surface area contributed by atoms with Gasteiger partial charge < -0.3 is 5.11 Å². The summed E-state index contributed by atoms with van der Waals surface area (Å²) >= 11 is 0. The molecule has 0 aromatic carbocycles. The maximum absolute atomic E-state index is 8.79. The first kappa shape index (κ1) is 13.0. The van der Waals surface area contributed by atoms with Gasteiger partial charge in [0.25, 0.3) is 0 Å². The molecule has 1 aliphatic rings. The summed E-state index contributed by atoms with van der Waals surface area (Å²) in [5, 5.41) is 8.79. The molecule has 1 fully saturated rings. The fourth-order valence-corrected chi connectivity index (χ4v) is 2.64. The van der Waals surface area contributed by atoms with Crippen molar-refractivity contribution in [3.05, 3.63) is 0 Å². The number of unbranched alkanes of at least 4 members (excludes halogenated alkanes) is 1. The van der Waals surface area contributed by atoms with Gasteiger partial charge in [-0.3, -0.25) is 4.90 Å². The van der Waals surface area contributed by atoms with Crippen LogP contribution in [0.25, 0.3) is 0 Å². The lowest BCUT2D eigenvalue weighted by molar-refractivity contribution is 0.118. The molecule has 1 saturated heterocycles. The van der Waals surface area contributed by atoms with Crippen molar-refractivity contribution in [2.24, 2.45) is 5.41 Å². The highest BCUT2D eigenvalue weighted by Gasteiger charge is 2.35. The highest BCUT2D eigenvalue weighted by molar-refractivity contribution is 4.89. The van der Waals surface area contributed by atoms with Crippen molar-refractivity contribution in [1.29, 1.82) is 0 Å². The number of hydrogen-bond donors (Lipinski definition) is 1. The molecule has 0 amide bonds. The summed E-state index contributed by atoms with van der Waals surface area (Å²) in [6, 6.07) is 0.765. The van der Waals surface area contributed by atoms with Gasteiger partial charge in [0.2, 0.25) is 0 Å². The van der Waals surface area contributed by atoms with Crippen LogP contribution in [0.5, 0.6) is 0 Å². The standard InChI is InChI=1S/C13H27NO/c1-4-13(2,3)12-8-7-10-14(12)9-5-6-11-15/h12,15H,4-11H2,1-3H3. The zero-order valence-electron chi connectivity index (χ0n) is 10.6. The summed E-state index contributed by atoms with van der Waals surface area (Å²) in [5.41, 5.74) is 0.454. The average Bonchev–Trinajstić information content (AvgIpc) is 2.67. The second kappa shape index (κ2) is 5.86. The molecule has 1 atom stereocenters. The van der Waals surface area contributed by atoms with E-state index in [0.29, 0.717) is 12.0 Å². The molecule has 0 saturated carbocycles. The lowest BCUT2D eigenvalue weighted by atomic mass is 9.80. The Balaban J connectivity index is 2.42. The van der Waals surface area contributed by atoms with Gasteiger partial charge in [0.15, 0.2) is 0 Å². The topological polar surface area (TPSA) is 23.5 Å². The highest BCUT2D eigenvalue weighted by Crippen LogP contribution is 2.35. The van der Waals surface area contributed by atoms with Crippen LogP contribution in [0.15, 0.2) is 0 Å². The van der Waals surface area contributed by atoms with Crippen molar-refractivity contribution in [1.82, 2.24) is 4.90 Å². The van der Waals surface area contributed by atoms with Crippen LogP contribution in [-0.2, 0) is 0 Å². The Hall–Kier alpha value is -0.0800. The Morgan fingerprint density at radius 1 is 1.33 bits per heavy atom. The number of hydrogen-bond acceptors (Lipinski definition) is 2. The molecule has 2 nitrogen and oxygen atoms in total. The SMILES string of the molecule is CCC(C)(C)C1CCCN1CCCCO. The molecule has 2 heteroatoms. The van der Waals surface area contributed by atoms with E-state index in [1.54, 1.807) is 0 Å². The van der Waals surface area contributed by atoms with Crippen molar-refractivity contribution in [2.45, 2.75) is 58.9 Å². The van der Waals surface area contributed by atoms with Crippen LogP contribution < -0.4 is 0 Å². The molecule has 0 aliphatic carbocycles. The summed E-state index contributed by atoms with van der Waals surface area (Å²) in [7, 11) is 0. The molecule has 0 spiro atoms. The van der Waals surface area contributed by atoms with Gasteiger partial charge in [0.05, 0.1) is 0 Å². The van der Waals surface area contributed by atoms with Gasteiger partial charge in [-0.2, -0.15) is 0 Å². The first-order valence-corrected chi connectivity index (χ1v) is 6.46. The molecule has 0 aromatic heterocycles. The predicted molar refractivity (Wildman–Crippen MR) is 65.0 cm³/mol. The van der Waals surface area contributed by atoms with Crippen molar-refractivity contribution < 1.29 is 5.11 Å². The minimum Gasteiger partial charge on any atom is -0.396 e. The van der Waals surface area contributed by atoms with Gasteiger partial charge in [0, 0.05) is 12.6 Å². The first-order valence-electron chi connectivity index (χ1n) is 6.46. The van der Waals surface area contributed by atoms with Crippen molar-refractivity contribution in [3.63, 3.8) is 0 Å². The fraction of sp³-hybridized carbons (Fsp3) is 1.00. The Morgan fingerprint density at radius 3 is 2.67 bits per heavy atom. The van der Waals surface area contributed by atoms with Gasteiger partial charge in [-0.15, -0.1) is 0 Å². The zero-order valence-corrected chi connectivity index (χ0v) is 10.6. The third-order valence-electron chi connectivity index (χ3n) is 4.03. The zero-order chi connectivity index (χ0) is 11.3. The number of aliphatic hydroxyl groups is 1. The lowest BCUT2D eigenvalue weighted by Crippen LogP contribution is -2.41. The molecule has 0 bridgehead atoms. The van der Waals surface area contributed by atoms with Crippen molar-refractivity contribution in [2.75, 3.05) is 19.7 Å². The third-order valence-corrected chi connectivity index (χ3v) is 4.03. The molecule has 90 valence electrons. The van der Waals surface area contributed by atoms with E-state index in [2.05, 4.69) is 25.7 Å². The van der Waals surface area contributed by atoms with Gasteiger partial charge in [-0.25, -0.2) is 0 Å². The van der Waals surface area contributed by atoms with Crippen LogP contribution in [0.3, 0.4) is 0 Å². The molecule has 15 heavy (non-hydrogen) atoms. The van der Waals surface area contributed by atoms with Crippen LogP contribution in [0.2, 0.25) is 0 Å². The van der Waals surface area contributed by atoms with Gasteiger partial charge in [-0.1, -0.05) is 20.8 Å². The summed E-state index contributed by atoms with van der Waals surface area (Å²) in [4.78, 5) is 2.64. The minimum atomic E-state index is 0.343. The summed E-state index contributed by atoms with van der Waals surface area (Å²) < 4.78 is 0. The fourth-order valence-electron chi connectivity index (χ4n) is 2.64. The summed E-state index contributed by atoms with van der Waals surface area (Å²) in [6.07, 6.45) is 6.07. The van der Waals surface area contributed by atoms with Crippen LogP contribution in [0.4, 0.5) is 0 Å². The second-order valence-electron chi connectivity index (χ2n) is 5.47. The van der Waals surface area contributed by atoms with Crippen LogP contribution in [0.1, 0.15) is 52.9 Å². The van der Waals surface area contributed by atoms with E-state index in [0.717, 1.165) is 18.9 Å². The molecule has 0 aromatic rings. The maximum atomic E-state index is 8.79. The summed E-state index contributed by atoms with van der Waals surface area (Å²) in [6.45, 7) is 9.86. The van der Waals surface area contributed by atoms with Crippen LogP contribution in [-0.4, -0.2) is 35.7 Å². The Bertz CT molecular complexity index is 179. The third kappa shape index (κ3) is 3.46. The normalized spacial score (nSPS) is 23.6. The minimum absolute atomic E-state index is 0.343. The molecule has 1 unspecified atom stereocenters. The van der Waals surface area contributed by atoms with Gasteiger partial charge in [-0.05, 0) is 50.6 Å². The Morgan fingerprint density at radius 2 is 2.07 bits per heavy atom. The van der Waals surface area contributed by atoms with Crippen molar-refractivity contribution in [3.8, 4) is 0 Å². The maximum Gasteiger partial charge on any atom is 0.0431 e. The lowest BCUT2D eigenvalue weighted by Gasteiger charge is -2.37. The van der Waals surface area contributed by atoms with E-state index in [9.17, 15) is 0 Å². The monoisotopic (exact) mass is 213 g/mol. The first-order chi connectivity index (χ1) is 7.11. The quantitative estimate of drug-likeness (QED) is 0.686. The molecule has 1 rings (SSSR count). The van der Waals surface area contributed by atoms with E-state index in [-0.39, 0.29) is 0 Å². The van der Waals surface area contributed by atoms with E-state index < -0.39 is 0 Å². The van der Waals surface area contributed by atoms with Crippen molar-refractivity contribution >= 4 is 0 Å². The molecule has 1 N–H and O–H groups in total. The number of aliphatic hydroxyl groups excluding tert-OH is 1. The second-order valence-corrected chi connectivity index (χ2v) is 5.47. The van der Waals surface area contributed by atoms with E-state index in [1.165, 1.54) is 32.4 Å². The smallest absolute Gasteiger partial charge is 0.0431 e. The predicted octanol–water partition coefficient (Wildman–Crippen LogP) is 2.66. The van der Waals surface area contributed by atoms with Gasteiger partial charge in [0.1, 0.15) is 0 Å². The molecule has 1 aliphatic heterocycles. The Kier molecular flexibility index (Phi) is 5.07. The van der Waals surface area contributed by atoms with E-state index >= 15 is 0 Å². The summed E-state index contributed by atoms with van der Waals surface area (Å²) in [5.74, 6) is 0.